The van der Waals surface area contributed by atoms with E-state index in [2.05, 4.69) is 5.32 Å². The van der Waals surface area contributed by atoms with Gasteiger partial charge in [0.15, 0.2) is 0 Å². The van der Waals surface area contributed by atoms with Crippen LogP contribution < -0.4 is 5.32 Å². The van der Waals surface area contributed by atoms with E-state index >= 15 is 0 Å². The largest absolute Gasteiger partial charge is 0.471 e. The number of rotatable bonds is 1. The number of nitrogens with one attached hydrogen (secondary N) is 1. The Morgan fingerprint density at radius 3 is 2.50 bits per heavy atom. The lowest BCUT2D eigenvalue weighted by atomic mass is 10.1. The number of amides is 1. The molecule has 92 valence electrons. The molecule has 16 heavy (non-hydrogen) atoms. The maximum Gasteiger partial charge on any atom is 0.471 e. The van der Waals surface area contributed by atoms with Crippen LogP contribution in [0.5, 0.6) is 0 Å². The van der Waals surface area contributed by atoms with Crippen molar-refractivity contribution in [3.05, 3.63) is 0 Å². The molecule has 0 aromatic heterocycles. The Bertz CT molecular complexity index is 300. The van der Waals surface area contributed by atoms with Gasteiger partial charge in [0.05, 0.1) is 11.6 Å². The molecule has 1 saturated carbocycles. The summed E-state index contributed by atoms with van der Waals surface area (Å²) in [4.78, 5) is 12.0. The summed E-state index contributed by atoms with van der Waals surface area (Å²) in [6.45, 7) is -0.712. The van der Waals surface area contributed by atoms with Gasteiger partial charge in [0.2, 0.25) is 0 Å². The summed E-state index contributed by atoms with van der Waals surface area (Å²) in [5.74, 6) is -1.84. The Morgan fingerprint density at radius 1 is 1.44 bits per heavy atom. The average Bonchev–Trinajstić information content (AvgIpc) is 2.97. The minimum atomic E-state index is -4.87. The van der Waals surface area contributed by atoms with Gasteiger partial charge in [0, 0.05) is 13.1 Å². The monoisotopic (exact) mass is 240 g/mol. The SMILES string of the molecule is O=C(N1C[C@H](CF)NCC12CC2)C(F)(F)F. The standard InChI is InChI=1S/C9H12F4N2O/c10-3-6-4-15(7(16)9(11,12)13)8(1-2-8)5-14-6/h6,14H,1-5H2/t6-/m0/s1. The van der Waals surface area contributed by atoms with Crippen molar-refractivity contribution in [3.8, 4) is 0 Å². The zero-order valence-electron chi connectivity index (χ0n) is 8.48. The van der Waals surface area contributed by atoms with Crippen LogP contribution in [0.3, 0.4) is 0 Å². The Hall–Kier alpha value is -0.850. The number of halogens is 4. The van der Waals surface area contributed by atoms with E-state index in [1.54, 1.807) is 0 Å². The Labute approximate surface area is 89.8 Å². The summed E-state index contributed by atoms with van der Waals surface area (Å²) in [6, 6.07) is -0.683. The van der Waals surface area contributed by atoms with E-state index in [0.29, 0.717) is 12.8 Å². The van der Waals surface area contributed by atoms with Crippen molar-refractivity contribution in [2.24, 2.45) is 0 Å². The van der Waals surface area contributed by atoms with E-state index in [0.717, 1.165) is 4.90 Å². The van der Waals surface area contributed by atoms with E-state index in [4.69, 9.17) is 0 Å². The predicted molar refractivity (Wildman–Crippen MR) is 47.5 cm³/mol. The predicted octanol–water partition coefficient (Wildman–Crippen LogP) is 0.851. The molecular formula is C9H12F4N2O. The molecule has 1 N–H and O–H groups in total. The van der Waals surface area contributed by atoms with E-state index < -0.39 is 30.3 Å². The molecule has 1 heterocycles. The molecule has 1 aliphatic heterocycles. The molecule has 1 amide bonds. The van der Waals surface area contributed by atoms with Gasteiger partial charge in [-0.15, -0.1) is 0 Å². The van der Waals surface area contributed by atoms with E-state index in [1.165, 1.54) is 0 Å². The Balaban J connectivity index is 2.13. The fraction of sp³-hybridized carbons (Fsp3) is 0.889. The molecule has 2 fully saturated rings. The van der Waals surface area contributed by atoms with Crippen molar-refractivity contribution < 1.29 is 22.4 Å². The molecule has 0 unspecified atom stereocenters. The van der Waals surface area contributed by atoms with Crippen molar-refractivity contribution >= 4 is 5.91 Å². The third-order valence-electron chi connectivity index (χ3n) is 3.20. The Morgan fingerprint density at radius 2 is 2.06 bits per heavy atom. The van der Waals surface area contributed by atoms with Gasteiger partial charge in [0.25, 0.3) is 0 Å². The summed E-state index contributed by atoms with van der Waals surface area (Å²) in [5.41, 5.74) is -0.710. The lowest BCUT2D eigenvalue weighted by Crippen LogP contribution is -2.62. The second kappa shape index (κ2) is 3.58. The van der Waals surface area contributed by atoms with Crippen LogP contribution in [-0.2, 0) is 4.79 Å². The lowest BCUT2D eigenvalue weighted by Gasteiger charge is -2.40. The fourth-order valence-electron chi connectivity index (χ4n) is 2.05. The lowest BCUT2D eigenvalue weighted by molar-refractivity contribution is -0.190. The van der Waals surface area contributed by atoms with Crippen LogP contribution in [0.2, 0.25) is 0 Å². The topological polar surface area (TPSA) is 32.3 Å². The molecule has 0 aromatic carbocycles. The molecule has 2 rings (SSSR count). The first-order chi connectivity index (χ1) is 7.39. The van der Waals surface area contributed by atoms with Gasteiger partial charge in [-0.3, -0.25) is 4.79 Å². The zero-order chi connectivity index (χ0) is 12.0. The van der Waals surface area contributed by atoms with Crippen LogP contribution in [0.15, 0.2) is 0 Å². The molecule has 1 saturated heterocycles. The van der Waals surface area contributed by atoms with Gasteiger partial charge in [-0.2, -0.15) is 13.2 Å². The summed E-state index contributed by atoms with van der Waals surface area (Å²) >= 11 is 0. The average molecular weight is 240 g/mol. The fourth-order valence-corrected chi connectivity index (χ4v) is 2.05. The van der Waals surface area contributed by atoms with E-state index in [-0.39, 0.29) is 13.1 Å². The van der Waals surface area contributed by atoms with Gasteiger partial charge in [-0.1, -0.05) is 0 Å². The second-order valence-electron chi connectivity index (χ2n) is 4.37. The van der Waals surface area contributed by atoms with Crippen LogP contribution in [0.4, 0.5) is 17.6 Å². The highest BCUT2D eigenvalue weighted by Crippen LogP contribution is 2.44. The second-order valence-corrected chi connectivity index (χ2v) is 4.37. The highest BCUT2D eigenvalue weighted by Gasteiger charge is 2.57. The third kappa shape index (κ3) is 1.88. The van der Waals surface area contributed by atoms with Gasteiger partial charge < -0.3 is 10.2 Å². The normalized spacial score (nSPS) is 28.2. The number of carbonyl (C=O) groups is 1. The van der Waals surface area contributed by atoms with Gasteiger partial charge in [-0.05, 0) is 12.8 Å². The molecule has 7 heteroatoms. The molecule has 1 spiro atoms. The van der Waals surface area contributed by atoms with Crippen LogP contribution in [0, 0.1) is 0 Å². The van der Waals surface area contributed by atoms with Crippen LogP contribution in [-0.4, -0.2) is 48.3 Å². The molecule has 2 aliphatic rings. The van der Waals surface area contributed by atoms with E-state index in [1.807, 2.05) is 0 Å². The Kier molecular flexibility index (Phi) is 2.60. The van der Waals surface area contributed by atoms with Crippen molar-refractivity contribution in [2.75, 3.05) is 19.8 Å². The molecule has 1 aliphatic carbocycles. The van der Waals surface area contributed by atoms with Crippen molar-refractivity contribution in [2.45, 2.75) is 30.6 Å². The van der Waals surface area contributed by atoms with Gasteiger partial charge in [-0.25, -0.2) is 4.39 Å². The first-order valence-electron chi connectivity index (χ1n) is 5.07. The van der Waals surface area contributed by atoms with Crippen LogP contribution >= 0.6 is 0 Å². The van der Waals surface area contributed by atoms with Crippen LogP contribution in [0.25, 0.3) is 0 Å². The molecule has 0 bridgehead atoms. The molecular weight excluding hydrogens is 228 g/mol. The third-order valence-corrected chi connectivity index (χ3v) is 3.20. The summed E-state index contributed by atoms with van der Waals surface area (Å²) in [6.07, 6.45) is -3.75. The minimum Gasteiger partial charge on any atom is -0.326 e. The highest BCUT2D eigenvalue weighted by atomic mass is 19.4. The number of alkyl halides is 4. The summed E-state index contributed by atoms with van der Waals surface area (Å²) in [7, 11) is 0. The van der Waals surface area contributed by atoms with Crippen LogP contribution in [0.1, 0.15) is 12.8 Å². The first kappa shape index (κ1) is 11.6. The van der Waals surface area contributed by atoms with Crippen molar-refractivity contribution in [3.63, 3.8) is 0 Å². The van der Waals surface area contributed by atoms with Crippen molar-refractivity contribution in [1.29, 1.82) is 0 Å². The number of hydrogen-bond donors (Lipinski definition) is 1. The summed E-state index contributed by atoms with van der Waals surface area (Å²) in [5, 5.41) is 2.82. The van der Waals surface area contributed by atoms with Gasteiger partial charge in [0.1, 0.15) is 6.67 Å². The maximum atomic E-state index is 12.4. The molecule has 3 nitrogen and oxygen atoms in total. The summed E-state index contributed by atoms with van der Waals surface area (Å²) < 4.78 is 49.4. The highest BCUT2D eigenvalue weighted by molar-refractivity contribution is 5.83. The number of carbonyl (C=O) groups excluding carboxylic acids is 1. The smallest absolute Gasteiger partial charge is 0.326 e. The zero-order valence-corrected chi connectivity index (χ0v) is 8.48. The number of hydrogen-bond acceptors (Lipinski definition) is 2. The quantitative estimate of drug-likeness (QED) is 0.689. The first-order valence-corrected chi connectivity index (χ1v) is 5.07. The molecule has 1 atom stereocenters. The minimum absolute atomic E-state index is 0.200. The van der Waals surface area contributed by atoms with Gasteiger partial charge >= 0.3 is 12.1 Å². The number of nitrogens with zero attached hydrogens (tertiary/aromatic N) is 1. The molecule has 0 aromatic rings. The number of piperazine rings is 1. The maximum absolute atomic E-state index is 12.4. The molecule has 0 radical (unpaired) electrons. The van der Waals surface area contributed by atoms with E-state index in [9.17, 15) is 22.4 Å². The van der Waals surface area contributed by atoms with Crippen molar-refractivity contribution in [1.82, 2.24) is 10.2 Å².